The van der Waals surface area contributed by atoms with Crippen LogP contribution in [0.25, 0.3) is 10.9 Å². The largest absolute Gasteiger partial charge is 0.493 e. The fourth-order valence-corrected chi connectivity index (χ4v) is 4.85. The Morgan fingerprint density at radius 3 is 2.38 bits per heavy atom. The number of amides is 2. The summed E-state index contributed by atoms with van der Waals surface area (Å²) in [5.74, 6) is 0.933. The fraction of sp³-hybridized carbons (Fsp3) is 0.312. The maximum absolute atomic E-state index is 13.9. The minimum atomic E-state index is -0.179. The van der Waals surface area contributed by atoms with E-state index in [1.165, 1.54) is 0 Å². The highest BCUT2D eigenvalue weighted by Crippen LogP contribution is 2.28. The molecule has 0 bridgehead atoms. The lowest BCUT2D eigenvalue weighted by Gasteiger charge is -2.28. The van der Waals surface area contributed by atoms with Crippen LogP contribution in [0, 0.1) is 0 Å². The van der Waals surface area contributed by atoms with Gasteiger partial charge in [-0.05, 0) is 66.4 Å². The Bertz CT molecular complexity index is 1430. The predicted octanol–water partition coefficient (Wildman–Crippen LogP) is 6.35. The number of aromatic nitrogens is 1. The van der Waals surface area contributed by atoms with E-state index in [-0.39, 0.29) is 18.4 Å². The molecule has 1 heterocycles. The molecule has 4 aromatic rings. The van der Waals surface area contributed by atoms with Crippen molar-refractivity contribution >= 4 is 34.3 Å². The molecule has 7 nitrogen and oxygen atoms in total. The van der Waals surface area contributed by atoms with Gasteiger partial charge in [-0.1, -0.05) is 49.2 Å². The topological polar surface area (TPSA) is 74.9 Å². The standard InChI is InChI=1S/C32H36ClN3O4/c1-4-5-17-36(32(38)24-11-13-26(33)14-12-24)22-31(37)35(21-23-10-15-29(39-2)30(19-23)40-3)18-16-25-20-34-28-9-7-6-8-27(25)28/h6-15,19-20,34H,4-5,16-18,21-22H2,1-3H3. The van der Waals surface area contributed by atoms with E-state index in [1.807, 2.05) is 47.5 Å². The van der Waals surface area contributed by atoms with E-state index in [0.29, 0.717) is 48.1 Å². The zero-order valence-electron chi connectivity index (χ0n) is 23.3. The van der Waals surface area contributed by atoms with Gasteiger partial charge >= 0.3 is 0 Å². The first-order valence-corrected chi connectivity index (χ1v) is 13.9. The summed E-state index contributed by atoms with van der Waals surface area (Å²) in [6, 6.07) is 20.6. The summed E-state index contributed by atoms with van der Waals surface area (Å²) in [6.45, 7) is 3.42. The van der Waals surface area contributed by atoms with Gasteiger partial charge in [-0.3, -0.25) is 9.59 Å². The number of hydrogen-bond acceptors (Lipinski definition) is 4. The van der Waals surface area contributed by atoms with Gasteiger partial charge in [0.25, 0.3) is 5.91 Å². The molecule has 40 heavy (non-hydrogen) atoms. The number of nitrogens with one attached hydrogen (secondary N) is 1. The molecule has 4 rings (SSSR count). The zero-order valence-corrected chi connectivity index (χ0v) is 24.0. The number of carbonyl (C=O) groups is 2. The van der Waals surface area contributed by atoms with Crippen molar-refractivity contribution in [1.82, 2.24) is 14.8 Å². The number of ether oxygens (including phenoxy) is 2. The van der Waals surface area contributed by atoms with Gasteiger partial charge in [0.1, 0.15) is 6.54 Å². The van der Waals surface area contributed by atoms with E-state index in [4.69, 9.17) is 21.1 Å². The second-order valence-corrected chi connectivity index (χ2v) is 10.1. The summed E-state index contributed by atoms with van der Waals surface area (Å²) in [7, 11) is 3.19. The Kier molecular flexibility index (Phi) is 10.1. The van der Waals surface area contributed by atoms with Gasteiger partial charge in [0.2, 0.25) is 5.91 Å². The maximum Gasteiger partial charge on any atom is 0.254 e. The number of nitrogens with zero attached hydrogens (tertiary/aromatic N) is 2. The number of unbranched alkanes of at least 4 members (excludes halogenated alkanes) is 1. The summed E-state index contributed by atoms with van der Waals surface area (Å²) in [5.41, 5.74) is 3.63. The first-order chi connectivity index (χ1) is 19.4. The lowest BCUT2D eigenvalue weighted by Crippen LogP contribution is -2.43. The number of H-pyrrole nitrogens is 1. The first-order valence-electron chi connectivity index (χ1n) is 13.5. The van der Waals surface area contributed by atoms with Crippen molar-refractivity contribution in [3.63, 3.8) is 0 Å². The van der Waals surface area contributed by atoms with Crippen molar-refractivity contribution in [2.24, 2.45) is 0 Å². The normalized spacial score (nSPS) is 10.9. The van der Waals surface area contributed by atoms with Gasteiger partial charge in [0, 0.05) is 47.3 Å². The number of carbonyl (C=O) groups excluding carboxylic acids is 2. The van der Waals surface area contributed by atoms with Gasteiger partial charge in [0.15, 0.2) is 11.5 Å². The van der Waals surface area contributed by atoms with Crippen LogP contribution in [-0.4, -0.2) is 60.5 Å². The molecule has 0 saturated carbocycles. The fourth-order valence-electron chi connectivity index (χ4n) is 4.72. The highest BCUT2D eigenvalue weighted by Gasteiger charge is 2.23. The minimum Gasteiger partial charge on any atom is -0.493 e. The first kappa shape index (κ1) is 29.0. The second kappa shape index (κ2) is 13.9. The van der Waals surface area contributed by atoms with Crippen molar-refractivity contribution < 1.29 is 19.1 Å². The third-order valence-electron chi connectivity index (χ3n) is 6.99. The number of rotatable bonds is 13. The van der Waals surface area contributed by atoms with Gasteiger partial charge in [-0.2, -0.15) is 0 Å². The van der Waals surface area contributed by atoms with Crippen LogP contribution >= 0.6 is 11.6 Å². The summed E-state index contributed by atoms with van der Waals surface area (Å²) < 4.78 is 10.9. The van der Waals surface area contributed by atoms with E-state index in [9.17, 15) is 9.59 Å². The number of aromatic amines is 1. The molecule has 0 aliphatic rings. The minimum absolute atomic E-state index is 0.0113. The van der Waals surface area contributed by atoms with Gasteiger partial charge < -0.3 is 24.3 Å². The molecule has 0 fully saturated rings. The third-order valence-corrected chi connectivity index (χ3v) is 7.24. The van der Waals surface area contributed by atoms with E-state index < -0.39 is 0 Å². The average Bonchev–Trinajstić information content (AvgIpc) is 3.40. The Morgan fingerprint density at radius 1 is 0.900 bits per heavy atom. The third kappa shape index (κ3) is 7.16. The smallest absolute Gasteiger partial charge is 0.254 e. The quantitative estimate of drug-likeness (QED) is 0.206. The average molecular weight is 562 g/mol. The highest BCUT2D eigenvalue weighted by molar-refractivity contribution is 6.30. The Balaban J connectivity index is 1.58. The van der Waals surface area contributed by atoms with E-state index in [0.717, 1.165) is 34.9 Å². The molecule has 210 valence electrons. The molecule has 0 spiro atoms. The molecule has 0 aliphatic carbocycles. The molecule has 3 aromatic carbocycles. The van der Waals surface area contributed by atoms with Crippen molar-refractivity contribution in [3.8, 4) is 11.5 Å². The molecular weight excluding hydrogens is 526 g/mol. The summed E-state index contributed by atoms with van der Waals surface area (Å²) >= 11 is 6.03. The molecule has 0 atom stereocenters. The Morgan fingerprint density at radius 2 is 1.65 bits per heavy atom. The van der Waals surface area contributed by atoms with E-state index >= 15 is 0 Å². The van der Waals surface area contributed by atoms with Crippen LogP contribution in [0.3, 0.4) is 0 Å². The van der Waals surface area contributed by atoms with Crippen LogP contribution in [0.4, 0.5) is 0 Å². The molecule has 0 saturated heterocycles. The number of fused-ring (bicyclic) bond motifs is 1. The SMILES string of the molecule is CCCCN(CC(=O)N(CCc1c[nH]c2ccccc12)Cc1ccc(OC)c(OC)c1)C(=O)c1ccc(Cl)cc1. The van der Waals surface area contributed by atoms with Crippen LogP contribution in [0.2, 0.25) is 5.02 Å². The molecule has 2 amide bonds. The highest BCUT2D eigenvalue weighted by atomic mass is 35.5. The second-order valence-electron chi connectivity index (χ2n) is 9.70. The number of benzene rings is 3. The molecule has 1 aromatic heterocycles. The van der Waals surface area contributed by atoms with Crippen LogP contribution in [0.1, 0.15) is 41.3 Å². The van der Waals surface area contributed by atoms with Gasteiger partial charge in [-0.15, -0.1) is 0 Å². The number of hydrogen-bond donors (Lipinski definition) is 1. The monoisotopic (exact) mass is 561 g/mol. The van der Waals surface area contributed by atoms with Crippen molar-refractivity contribution in [2.45, 2.75) is 32.7 Å². The molecule has 1 N–H and O–H groups in total. The Hall–Kier alpha value is -3.97. The van der Waals surface area contributed by atoms with Gasteiger partial charge in [-0.25, -0.2) is 0 Å². The molecule has 0 aliphatic heterocycles. The summed E-state index contributed by atoms with van der Waals surface area (Å²) in [4.78, 5) is 34.0. The van der Waals surface area contributed by atoms with Crippen molar-refractivity contribution in [2.75, 3.05) is 33.9 Å². The van der Waals surface area contributed by atoms with Crippen molar-refractivity contribution in [1.29, 1.82) is 0 Å². The summed E-state index contributed by atoms with van der Waals surface area (Å²) in [6.07, 6.45) is 4.39. The van der Waals surface area contributed by atoms with Crippen LogP contribution in [0.5, 0.6) is 11.5 Å². The number of halogens is 1. The Labute approximate surface area is 240 Å². The summed E-state index contributed by atoms with van der Waals surface area (Å²) in [5, 5.41) is 1.70. The lowest BCUT2D eigenvalue weighted by molar-refractivity contribution is -0.132. The number of para-hydroxylation sites is 1. The van der Waals surface area contributed by atoms with Crippen molar-refractivity contribution in [3.05, 3.63) is 94.6 Å². The van der Waals surface area contributed by atoms with Crippen LogP contribution in [0.15, 0.2) is 72.9 Å². The van der Waals surface area contributed by atoms with E-state index in [2.05, 4.69) is 18.0 Å². The predicted molar refractivity (Wildman–Crippen MR) is 159 cm³/mol. The lowest BCUT2D eigenvalue weighted by atomic mass is 10.1. The molecular formula is C32H36ClN3O4. The maximum atomic E-state index is 13.9. The molecule has 8 heteroatoms. The zero-order chi connectivity index (χ0) is 28.5. The molecule has 0 radical (unpaired) electrons. The number of methoxy groups -OCH3 is 2. The van der Waals surface area contributed by atoms with Crippen LogP contribution < -0.4 is 9.47 Å². The van der Waals surface area contributed by atoms with E-state index in [1.54, 1.807) is 43.4 Å². The van der Waals surface area contributed by atoms with Gasteiger partial charge in [0.05, 0.1) is 14.2 Å². The van der Waals surface area contributed by atoms with Crippen LogP contribution in [-0.2, 0) is 17.8 Å². The molecule has 0 unspecified atom stereocenters.